The van der Waals surface area contributed by atoms with E-state index in [0.29, 0.717) is 5.41 Å². The van der Waals surface area contributed by atoms with Crippen LogP contribution in [-0.2, 0) is 13.0 Å². The highest BCUT2D eigenvalue weighted by Crippen LogP contribution is 2.17. The van der Waals surface area contributed by atoms with Gasteiger partial charge in [-0.1, -0.05) is 58.9 Å². The summed E-state index contributed by atoms with van der Waals surface area (Å²) in [4.78, 5) is 2.51. The van der Waals surface area contributed by atoms with Crippen molar-refractivity contribution in [1.82, 2.24) is 4.90 Å². The van der Waals surface area contributed by atoms with Crippen molar-refractivity contribution < 1.29 is 0 Å². The van der Waals surface area contributed by atoms with E-state index < -0.39 is 0 Å². The van der Waals surface area contributed by atoms with Gasteiger partial charge in [0.15, 0.2) is 0 Å². The molecule has 96 valence electrons. The second kappa shape index (κ2) is 6.20. The molecule has 0 aliphatic rings. The van der Waals surface area contributed by atoms with Gasteiger partial charge in [-0.25, -0.2) is 0 Å². The Morgan fingerprint density at radius 1 is 0.941 bits per heavy atom. The maximum Gasteiger partial charge on any atom is 0.0233 e. The summed E-state index contributed by atoms with van der Waals surface area (Å²) in [6.45, 7) is 14.7. The molecule has 1 nitrogen and oxygen atoms in total. The summed E-state index contributed by atoms with van der Waals surface area (Å²) < 4.78 is 0. The van der Waals surface area contributed by atoms with Crippen LogP contribution in [0, 0.1) is 5.41 Å². The molecule has 0 aromatic heterocycles. The molecule has 0 amide bonds. The van der Waals surface area contributed by atoms with Crippen molar-refractivity contribution in [3.63, 3.8) is 0 Å². The second-order valence-corrected chi connectivity index (χ2v) is 6.03. The molecule has 0 aliphatic heterocycles. The third-order valence-electron chi connectivity index (χ3n) is 2.98. The smallest absolute Gasteiger partial charge is 0.0233 e. The summed E-state index contributed by atoms with van der Waals surface area (Å²) in [5.74, 6) is 0. The molecule has 0 unspecified atom stereocenters. The van der Waals surface area contributed by atoms with Crippen molar-refractivity contribution in [2.24, 2.45) is 5.41 Å². The molecule has 0 spiro atoms. The van der Waals surface area contributed by atoms with Crippen LogP contribution in [0.5, 0.6) is 0 Å². The van der Waals surface area contributed by atoms with E-state index in [1.165, 1.54) is 11.1 Å². The van der Waals surface area contributed by atoms with Gasteiger partial charge in [-0.05, 0) is 29.5 Å². The fraction of sp³-hybridized carbons (Fsp3) is 0.625. The first-order chi connectivity index (χ1) is 7.94. The minimum absolute atomic E-state index is 0.374. The Morgan fingerprint density at radius 3 is 1.88 bits per heavy atom. The van der Waals surface area contributed by atoms with Gasteiger partial charge in [-0.3, -0.25) is 4.90 Å². The second-order valence-electron chi connectivity index (χ2n) is 6.03. The van der Waals surface area contributed by atoms with Gasteiger partial charge in [0.25, 0.3) is 0 Å². The molecule has 0 aliphatic carbocycles. The predicted octanol–water partition coefficient (Wildman–Crippen LogP) is 4.12. The molecule has 0 fully saturated rings. The van der Waals surface area contributed by atoms with Crippen molar-refractivity contribution in [2.45, 2.75) is 47.6 Å². The summed E-state index contributed by atoms with van der Waals surface area (Å²) in [6, 6.07) is 9.04. The fourth-order valence-electron chi connectivity index (χ4n) is 2.09. The largest absolute Gasteiger partial charge is 0.299 e. The van der Waals surface area contributed by atoms with Gasteiger partial charge in [0, 0.05) is 13.1 Å². The van der Waals surface area contributed by atoms with E-state index in [0.717, 1.165) is 26.1 Å². The summed E-state index contributed by atoms with van der Waals surface area (Å²) in [7, 11) is 0. The quantitative estimate of drug-likeness (QED) is 0.739. The standard InChI is InChI=1S/C16H27N/c1-6-14-8-10-15(11-9-14)12-17(7-2)13-16(3,4)5/h8-11H,6-7,12-13H2,1-5H3. The molecule has 0 bridgehead atoms. The molecule has 0 saturated heterocycles. The molecule has 0 saturated carbocycles. The van der Waals surface area contributed by atoms with E-state index in [-0.39, 0.29) is 0 Å². The zero-order chi connectivity index (χ0) is 12.9. The molecule has 1 heteroatoms. The topological polar surface area (TPSA) is 3.24 Å². The first-order valence-electron chi connectivity index (χ1n) is 6.74. The predicted molar refractivity (Wildman–Crippen MR) is 76.2 cm³/mol. The number of benzene rings is 1. The first kappa shape index (κ1) is 14.2. The highest BCUT2D eigenvalue weighted by Gasteiger charge is 2.15. The monoisotopic (exact) mass is 233 g/mol. The lowest BCUT2D eigenvalue weighted by atomic mass is 9.96. The van der Waals surface area contributed by atoms with Gasteiger partial charge >= 0.3 is 0 Å². The Morgan fingerprint density at radius 2 is 1.47 bits per heavy atom. The van der Waals surface area contributed by atoms with Crippen molar-refractivity contribution in [3.05, 3.63) is 35.4 Å². The van der Waals surface area contributed by atoms with E-state index in [2.05, 4.69) is 63.8 Å². The Bertz CT molecular complexity index is 318. The van der Waals surface area contributed by atoms with Gasteiger partial charge in [0.05, 0.1) is 0 Å². The van der Waals surface area contributed by atoms with Crippen LogP contribution in [0.25, 0.3) is 0 Å². The molecule has 1 aromatic carbocycles. The zero-order valence-electron chi connectivity index (χ0n) is 12.1. The lowest BCUT2D eigenvalue weighted by Crippen LogP contribution is -2.32. The molecule has 0 atom stereocenters. The van der Waals surface area contributed by atoms with Crippen LogP contribution in [-0.4, -0.2) is 18.0 Å². The summed E-state index contributed by atoms with van der Waals surface area (Å²) in [6.07, 6.45) is 1.12. The number of rotatable bonds is 5. The number of nitrogens with zero attached hydrogens (tertiary/aromatic N) is 1. The van der Waals surface area contributed by atoms with E-state index in [1.807, 2.05) is 0 Å². The van der Waals surface area contributed by atoms with Crippen LogP contribution < -0.4 is 0 Å². The molecule has 0 heterocycles. The van der Waals surface area contributed by atoms with Gasteiger partial charge in [-0.2, -0.15) is 0 Å². The average molecular weight is 233 g/mol. The number of hydrogen-bond donors (Lipinski definition) is 0. The SMILES string of the molecule is CCc1ccc(CN(CC)CC(C)(C)C)cc1. The lowest BCUT2D eigenvalue weighted by molar-refractivity contribution is 0.192. The fourth-order valence-corrected chi connectivity index (χ4v) is 2.09. The van der Waals surface area contributed by atoms with Crippen LogP contribution in [0.3, 0.4) is 0 Å². The maximum absolute atomic E-state index is 2.51. The molecule has 0 N–H and O–H groups in total. The Hall–Kier alpha value is -0.820. The minimum atomic E-state index is 0.374. The van der Waals surface area contributed by atoms with E-state index in [9.17, 15) is 0 Å². The molecular formula is C16H27N. The van der Waals surface area contributed by atoms with Crippen molar-refractivity contribution in [3.8, 4) is 0 Å². The molecule has 0 radical (unpaired) electrons. The van der Waals surface area contributed by atoms with E-state index in [1.54, 1.807) is 0 Å². The summed E-state index contributed by atoms with van der Waals surface area (Å²) in [5.41, 5.74) is 3.22. The van der Waals surface area contributed by atoms with E-state index in [4.69, 9.17) is 0 Å². The molecular weight excluding hydrogens is 206 g/mol. The van der Waals surface area contributed by atoms with Crippen molar-refractivity contribution in [1.29, 1.82) is 0 Å². The summed E-state index contributed by atoms with van der Waals surface area (Å²) >= 11 is 0. The summed E-state index contributed by atoms with van der Waals surface area (Å²) in [5, 5.41) is 0. The van der Waals surface area contributed by atoms with E-state index >= 15 is 0 Å². The van der Waals surface area contributed by atoms with Crippen LogP contribution in [0.1, 0.15) is 45.7 Å². The van der Waals surface area contributed by atoms with Crippen molar-refractivity contribution in [2.75, 3.05) is 13.1 Å². The molecule has 1 rings (SSSR count). The van der Waals surface area contributed by atoms with Crippen LogP contribution in [0.15, 0.2) is 24.3 Å². The zero-order valence-corrected chi connectivity index (χ0v) is 12.1. The van der Waals surface area contributed by atoms with Crippen LogP contribution in [0.2, 0.25) is 0 Å². The highest BCUT2D eigenvalue weighted by atomic mass is 15.1. The third-order valence-corrected chi connectivity index (χ3v) is 2.98. The maximum atomic E-state index is 2.51. The highest BCUT2D eigenvalue weighted by molar-refractivity contribution is 5.22. The van der Waals surface area contributed by atoms with Gasteiger partial charge < -0.3 is 0 Å². The van der Waals surface area contributed by atoms with Gasteiger partial charge in [0.2, 0.25) is 0 Å². The minimum Gasteiger partial charge on any atom is -0.299 e. The normalized spacial score (nSPS) is 12.1. The lowest BCUT2D eigenvalue weighted by Gasteiger charge is -2.29. The van der Waals surface area contributed by atoms with Crippen molar-refractivity contribution >= 4 is 0 Å². The number of hydrogen-bond acceptors (Lipinski definition) is 1. The third kappa shape index (κ3) is 5.36. The Labute approximate surface area is 107 Å². The molecule has 1 aromatic rings. The Balaban J connectivity index is 2.61. The van der Waals surface area contributed by atoms with Gasteiger partial charge in [-0.15, -0.1) is 0 Å². The van der Waals surface area contributed by atoms with Crippen LogP contribution >= 0.6 is 0 Å². The molecule has 17 heavy (non-hydrogen) atoms. The first-order valence-corrected chi connectivity index (χ1v) is 6.74. The Kier molecular flexibility index (Phi) is 5.20. The number of aryl methyl sites for hydroxylation is 1. The van der Waals surface area contributed by atoms with Gasteiger partial charge in [0.1, 0.15) is 0 Å². The average Bonchev–Trinajstić information content (AvgIpc) is 2.27. The van der Waals surface area contributed by atoms with Crippen LogP contribution in [0.4, 0.5) is 0 Å².